The van der Waals surface area contributed by atoms with Crippen LogP contribution in [0.2, 0.25) is 0 Å². The maximum atomic E-state index is 10.5. The highest BCUT2D eigenvalue weighted by atomic mass is 35.5. The lowest BCUT2D eigenvalue weighted by Crippen LogP contribution is -1.97. The summed E-state index contributed by atoms with van der Waals surface area (Å²) >= 11 is 5.18. The van der Waals surface area contributed by atoms with E-state index in [9.17, 15) is 4.79 Å². The van der Waals surface area contributed by atoms with E-state index in [2.05, 4.69) is 9.97 Å². The minimum atomic E-state index is -0.542. The molecule has 0 aliphatic rings. The fraction of sp³-hybridized carbons (Fsp3) is 0.167. The lowest BCUT2D eigenvalue weighted by molar-refractivity contribution is 0.107. The fourth-order valence-electron chi connectivity index (χ4n) is 0.605. The molecule has 0 aromatic carbocycles. The first-order valence-corrected chi connectivity index (χ1v) is 3.06. The summed E-state index contributed by atoms with van der Waals surface area (Å²) in [5.74, 6) is 0. The zero-order chi connectivity index (χ0) is 7.56. The van der Waals surface area contributed by atoms with Crippen molar-refractivity contribution in [3.8, 4) is 0 Å². The number of aromatic nitrogens is 2. The second kappa shape index (κ2) is 2.75. The number of aryl methyl sites for hydroxylation is 1. The molecule has 3 nitrogen and oxygen atoms in total. The second-order valence-corrected chi connectivity index (χ2v) is 2.17. The van der Waals surface area contributed by atoms with Gasteiger partial charge in [0.05, 0.1) is 0 Å². The van der Waals surface area contributed by atoms with Gasteiger partial charge in [-0.3, -0.25) is 4.79 Å². The third kappa shape index (κ3) is 1.30. The Morgan fingerprint density at radius 2 is 2.40 bits per heavy atom. The third-order valence-electron chi connectivity index (χ3n) is 1.08. The van der Waals surface area contributed by atoms with Crippen molar-refractivity contribution in [1.29, 1.82) is 0 Å². The van der Waals surface area contributed by atoms with E-state index < -0.39 is 5.24 Å². The van der Waals surface area contributed by atoms with Crippen LogP contribution in [0, 0.1) is 6.92 Å². The van der Waals surface area contributed by atoms with Crippen molar-refractivity contribution in [2.45, 2.75) is 6.92 Å². The minimum Gasteiger partial charge on any atom is -0.274 e. The number of rotatable bonds is 1. The van der Waals surface area contributed by atoms with Gasteiger partial charge in [0.2, 0.25) is 0 Å². The van der Waals surface area contributed by atoms with Crippen LogP contribution in [0.15, 0.2) is 12.5 Å². The van der Waals surface area contributed by atoms with Crippen LogP contribution in [0.25, 0.3) is 0 Å². The van der Waals surface area contributed by atoms with Gasteiger partial charge in [0, 0.05) is 6.20 Å². The normalized spacial score (nSPS) is 9.40. The van der Waals surface area contributed by atoms with E-state index in [1.165, 1.54) is 6.33 Å². The summed E-state index contributed by atoms with van der Waals surface area (Å²) in [4.78, 5) is 17.9. The summed E-state index contributed by atoms with van der Waals surface area (Å²) in [5, 5.41) is -0.542. The zero-order valence-corrected chi connectivity index (χ0v) is 6.09. The molecule has 4 heteroatoms. The van der Waals surface area contributed by atoms with Gasteiger partial charge in [-0.2, -0.15) is 0 Å². The van der Waals surface area contributed by atoms with Crippen LogP contribution in [0.5, 0.6) is 0 Å². The van der Waals surface area contributed by atoms with Crippen LogP contribution < -0.4 is 0 Å². The Morgan fingerprint density at radius 1 is 1.70 bits per heavy atom. The highest BCUT2D eigenvalue weighted by Crippen LogP contribution is 2.03. The lowest BCUT2D eigenvalue weighted by Gasteiger charge is -1.94. The maximum absolute atomic E-state index is 10.5. The third-order valence-corrected chi connectivity index (χ3v) is 1.26. The van der Waals surface area contributed by atoms with Crippen LogP contribution in [-0.2, 0) is 0 Å². The molecule has 1 aromatic rings. The van der Waals surface area contributed by atoms with E-state index in [-0.39, 0.29) is 5.69 Å². The number of halogens is 1. The largest absolute Gasteiger partial charge is 0.274 e. The molecule has 0 unspecified atom stereocenters. The molecule has 0 bridgehead atoms. The first-order chi connectivity index (χ1) is 4.72. The number of carbonyl (C=O) groups is 1. The molecule has 0 saturated heterocycles. The Bertz CT molecular complexity index is 262. The van der Waals surface area contributed by atoms with E-state index in [4.69, 9.17) is 11.6 Å². The Kier molecular flexibility index (Phi) is 1.97. The highest BCUT2D eigenvalue weighted by molar-refractivity contribution is 6.67. The van der Waals surface area contributed by atoms with E-state index in [0.29, 0.717) is 5.56 Å². The average Bonchev–Trinajstić information content (AvgIpc) is 1.88. The number of carbonyl (C=O) groups excluding carboxylic acids is 1. The Morgan fingerprint density at radius 3 is 2.80 bits per heavy atom. The number of hydrogen-bond acceptors (Lipinski definition) is 3. The molecule has 0 amide bonds. The molecular formula is C6H5ClN2O. The molecule has 0 spiro atoms. The number of nitrogens with zero attached hydrogens (tertiary/aromatic N) is 2. The first-order valence-electron chi connectivity index (χ1n) is 2.68. The molecule has 0 atom stereocenters. The first kappa shape index (κ1) is 7.15. The molecule has 1 rings (SSSR count). The van der Waals surface area contributed by atoms with Gasteiger partial charge < -0.3 is 0 Å². The summed E-state index contributed by atoms with van der Waals surface area (Å²) in [5.41, 5.74) is 0.971. The summed E-state index contributed by atoms with van der Waals surface area (Å²) in [6.45, 7) is 1.73. The zero-order valence-electron chi connectivity index (χ0n) is 5.34. The van der Waals surface area contributed by atoms with Crippen molar-refractivity contribution in [3.05, 3.63) is 23.8 Å². The molecule has 0 aliphatic carbocycles. The predicted octanol–water partition coefficient (Wildman–Crippen LogP) is 1.16. The summed E-state index contributed by atoms with van der Waals surface area (Å²) < 4.78 is 0. The summed E-state index contributed by atoms with van der Waals surface area (Å²) in [7, 11) is 0. The van der Waals surface area contributed by atoms with Gasteiger partial charge in [-0.1, -0.05) is 0 Å². The Hall–Kier alpha value is -0.960. The van der Waals surface area contributed by atoms with Crippen molar-refractivity contribution in [2.75, 3.05) is 0 Å². The van der Waals surface area contributed by atoms with Gasteiger partial charge >= 0.3 is 0 Å². The molecule has 52 valence electrons. The molecule has 0 aliphatic heterocycles. The lowest BCUT2D eigenvalue weighted by atomic mass is 10.3. The molecule has 0 radical (unpaired) electrons. The van der Waals surface area contributed by atoms with Crippen LogP contribution in [0.4, 0.5) is 0 Å². The van der Waals surface area contributed by atoms with Crippen molar-refractivity contribution < 1.29 is 4.79 Å². The van der Waals surface area contributed by atoms with Crippen LogP contribution >= 0.6 is 11.6 Å². The quantitative estimate of drug-likeness (QED) is 0.573. The summed E-state index contributed by atoms with van der Waals surface area (Å²) in [6.07, 6.45) is 2.84. The molecule has 1 heterocycles. The van der Waals surface area contributed by atoms with Gasteiger partial charge in [0.1, 0.15) is 12.0 Å². The van der Waals surface area contributed by atoms with Gasteiger partial charge in [-0.25, -0.2) is 9.97 Å². The summed E-state index contributed by atoms with van der Waals surface area (Å²) in [6, 6.07) is 0. The predicted molar refractivity (Wildman–Crippen MR) is 37.0 cm³/mol. The highest BCUT2D eigenvalue weighted by Gasteiger charge is 2.05. The Balaban J connectivity index is 3.15. The topological polar surface area (TPSA) is 42.9 Å². The van der Waals surface area contributed by atoms with Gasteiger partial charge in [-0.15, -0.1) is 0 Å². The van der Waals surface area contributed by atoms with E-state index in [0.717, 1.165) is 0 Å². The average molecular weight is 157 g/mol. The monoisotopic (exact) mass is 156 g/mol. The maximum Gasteiger partial charge on any atom is 0.271 e. The molecule has 0 N–H and O–H groups in total. The standard InChI is InChI=1S/C6H5ClN2O/c1-4-2-8-3-9-5(4)6(7)10/h2-3H,1H3. The van der Waals surface area contributed by atoms with E-state index in [1.54, 1.807) is 13.1 Å². The van der Waals surface area contributed by atoms with Gasteiger partial charge in [0.25, 0.3) is 5.24 Å². The van der Waals surface area contributed by atoms with Crippen molar-refractivity contribution in [1.82, 2.24) is 9.97 Å². The number of hydrogen-bond donors (Lipinski definition) is 0. The van der Waals surface area contributed by atoms with Crippen molar-refractivity contribution in [3.63, 3.8) is 0 Å². The smallest absolute Gasteiger partial charge is 0.271 e. The van der Waals surface area contributed by atoms with Crippen LogP contribution in [0.3, 0.4) is 0 Å². The SMILES string of the molecule is Cc1cncnc1C(=O)Cl. The fourth-order valence-corrected chi connectivity index (χ4v) is 0.803. The van der Waals surface area contributed by atoms with Crippen LogP contribution in [0.1, 0.15) is 16.1 Å². The molecule has 0 fully saturated rings. The van der Waals surface area contributed by atoms with Crippen LogP contribution in [-0.4, -0.2) is 15.2 Å². The Labute approximate surface area is 63.1 Å². The molecule has 10 heavy (non-hydrogen) atoms. The molecular weight excluding hydrogens is 152 g/mol. The van der Waals surface area contributed by atoms with Gasteiger partial charge in [0.15, 0.2) is 0 Å². The molecule has 0 saturated carbocycles. The van der Waals surface area contributed by atoms with E-state index in [1.807, 2.05) is 0 Å². The minimum absolute atomic E-state index is 0.275. The van der Waals surface area contributed by atoms with Crippen molar-refractivity contribution in [2.24, 2.45) is 0 Å². The van der Waals surface area contributed by atoms with E-state index >= 15 is 0 Å². The van der Waals surface area contributed by atoms with Crippen molar-refractivity contribution >= 4 is 16.8 Å². The van der Waals surface area contributed by atoms with Gasteiger partial charge in [-0.05, 0) is 24.1 Å². The molecule has 1 aromatic heterocycles. The second-order valence-electron chi connectivity index (χ2n) is 1.83.